The zero-order valence-corrected chi connectivity index (χ0v) is 9.34. The lowest BCUT2D eigenvalue weighted by Gasteiger charge is -2.09. The maximum Gasteiger partial charge on any atom is 0.205 e. The minimum absolute atomic E-state index is 0.617. The number of rotatable bonds is 4. The Bertz CT molecular complexity index is 217. The van der Waals surface area contributed by atoms with Gasteiger partial charge in [-0.25, -0.2) is 5.84 Å². The molecule has 0 heterocycles. The molecule has 2 saturated carbocycles. The Balaban J connectivity index is 1.65. The first-order valence-electron chi connectivity index (χ1n) is 6.16. The van der Waals surface area contributed by atoms with Crippen LogP contribution in [0.5, 0.6) is 0 Å². The van der Waals surface area contributed by atoms with Crippen LogP contribution in [-0.2, 0) is 0 Å². The number of nitrogens with two attached hydrogens (primary N) is 1. The van der Waals surface area contributed by atoms with E-state index in [2.05, 4.69) is 15.7 Å². The van der Waals surface area contributed by atoms with E-state index >= 15 is 0 Å². The van der Waals surface area contributed by atoms with Crippen LogP contribution >= 0.6 is 0 Å². The number of nitrogens with zero attached hydrogens (tertiary/aromatic N) is 1. The summed E-state index contributed by atoms with van der Waals surface area (Å²) >= 11 is 0. The van der Waals surface area contributed by atoms with Gasteiger partial charge in [-0.3, -0.25) is 10.4 Å². The molecule has 4 N–H and O–H groups in total. The van der Waals surface area contributed by atoms with E-state index in [0.717, 1.165) is 18.4 Å². The van der Waals surface area contributed by atoms with Crippen LogP contribution < -0.4 is 16.6 Å². The van der Waals surface area contributed by atoms with Crippen molar-refractivity contribution in [1.29, 1.82) is 0 Å². The first kappa shape index (κ1) is 10.7. The Kier molecular flexibility index (Phi) is 3.83. The summed E-state index contributed by atoms with van der Waals surface area (Å²) < 4.78 is 0. The Labute approximate surface area is 91.7 Å². The maximum atomic E-state index is 5.40. The molecule has 0 unspecified atom stereocenters. The fourth-order valence-corrected chi connectivity index (χ4v) is 2.21. The van der Waals surface area contributed by atoms with Gasteiger partial charge in [-0.1, -0.05) is 25.7 Å². The Morgan fingerprint density at radius 3 is 2.53 bits per heavy atom. The van der Waals surface area contributed by atoms with Gasteiger partial charge in [0.25, 0.3) is 0 Å². The van der Waals surface area contributed by atoms with Crippen molar-refractivity contribution in [3.8, 4) is 0 Å². The molecule has 0 radical (unpaired) electrons. The summed E-state index contributed by atoms with van der Waals surface area (Å²) in [5.41, 5.74) is 2.64. The third kappa shape index (κ3) is 3.70. The summed E-state index contributed by atoms with van der Waals surface area (Å²) in [6.07, 6.45) is 9.35. The van der Waals surface area contributed by atoms with Crippen LogP contribution in [0.1, 0.15) is 44.9 Å². The summed E-state index contributed by atoms with van der Waals surface area (Å²) in [5, 5.41) is 3.28. The van der Waals surface area contributed by atoms with E-state index in [9.17, 15) is 0 Å². The number of hydrazine groups is 1. The molecular weight excluding hydrogens is 188 g/mol. The lowest BCUT2D eigenvalue weighted by Crippen LogP contribution is -2.42. The van der Waals surface area contributed by atoms with Crippen LogP contribution in [0.4, 0.5) is 0 Å². The molecule has 2 rings (SSSR count). The lowest BCUT2D eigenvalue weighted by atomic mass is 10.0. The van der Waals surface area contributed by atoms with E-state index in [1.165, 1.54) is 44.9 Å². The number of guanidine groups is 1. The van der Waals surface area contributed by atoms with Crippen molar-refractivity contribution in [3.63, 3.8) is 0 Å². The van der Waals surface area contributed by atoms with Crippen LogP contribution in [0.2, 0.25) is 0 Å². The second kappa shape index (κ2) is 5.35. The number of hydrogen-bond donors (Lipinski definition) is 3. The van der Waals surface area contributed by atoms with Gasteiger partial charge in [0, 0.05) is 12.6 Å². The lowest BCUT2D eigenvalue weighted by molar-refractivity contribution is 0.511. The van der Waals surface area contributed by atoms with Crippen molar-refractivity contribution >= 4 is 5.96 Å². The summed E-state index contributed by atoms with van der Waals surface area (Å²) in [7, 11) is 0. The molecular formula is C11H22N4. The fraction of sp³-hybridized carbons (Fsp3) is 0.909. The van der Waals surface area contributed by atoms with Crippen molar-refractivity contribution < 1.29 is 0 Å². The Hall–Kier alpha value is -0.770. The van der Waals surface area contributed by atoms with E-state index in [4.69, 9.17) is 5.84 Å². The standard InChI is InChI=1S/C11H22N4/c12-15-11(14-10-5-6-10)13-8-7-9-3-1-2-4-9/h9-10H,1-8,12H2,(H2,13,14,15). The smallest absolute Gasteiger partial charge is 0.205 e. The molecule has 0 amide bonds. The van der Waals surface area contributed by atoms with Crippen molar-refractivity contribution in [2.75, 3.05) is 6.54 Å². The summed E-state index contributed by atoms with van der Waals surface area (Å²) in [6.45, 7) is 0.907. The number of hydrogen-bond acceptors (Lipinski definition) is 2. The van der Waals surface area contributed by atoms with Gasteiger partial charge in [-0.2, -0.15) is 0 Å². The highest BCUT2D eigenvalue weighted by atomic mass is 15.3. The molecule has 2 aliphatic rings. The minimum Gasteiger partial charge on any atom is -0.353 e. The largest absolute Gasteiger partial charge is 0.353 e. The molecule has 2 fully saturated rings. The van der Waals surface area contributed by atoms with Gasteiger partial charge in [-0.05, 0) is 25.2 Å². The van der Waals surface area contributed by atoms with Gasteiger partial charge in [0.1, 0.15) is 0 Å². The van der Waals surface area contributed by atoms with Gasteiger partial charge in [0.15, 0.2) is 0 Å². The molecule has 2 aliphatic carbocycles. The van der Waals surface area contributed by atoms with Gasteiger partial charge < -0.3 is 5.32 Å². The minimum atomic E-state index is 0.617. The SMILES string of the molecule is NNC(=NCCC1CCCC1)NC1CC1. The van der Waals surface area contributed by atoms with Crippen LogP contribution in [0, 0.1) is 5.92 Å². The average Bonchev–Trinajstić information content (AvgIpc) is 2.91. The van der Waals surface area contributed by atoms with E-state index in [0.29, 0.717) is 6.04 Å². The van der Waals surface area contributed by atoms with Gasteiger partial charge in [0.2, 0.25) is 5.96 Å². The second-order valence-electron chi connectivity index (χ2n) is 4.73. The van der Waals surface area contributed by atoms with Crippen molar-refractivity contribution in [2.45, 2.75) is 51.0 Å². The van der Waals surface area contributed by atoms with Crippen LogP contribution in [0.3, 0.4) is 0 Å². The van der Waals surface area contributed by atoms with E-state index in [-0.39, 0.29) is 0 Å². The molecule has 4 nitrogen and oxygen atoms in total. The molecule has 0 bridgehead atoms. The highest BCUT2D eigenvalue weighted by molar-refractivity contribution is 5.79. The van der Waals surface area contributed by atoms with Crippen LogP contribution in [-0.4, -0.2) is 18.5 Å². The third-order valence-electron chi connectivity index (χ3n) is 3.34. The zero-order chi connectivity index (χ0) is 10.5. The molecule has 0 aromatic carbocycles. The molecule has 0 spiro atoms. The first-order valence-corrected chi connectivity index (χ1v) is 6.16. The molecule has 0 aliphatic heterocycles. The van der Waals surface area contributed by atoms with Gasteiger partial charge in [-0.15, -0.1) is 0 Å². The zero-order valence-electron chi connectivity index (χ0n) is 9.34. The molecule has 0 saturated heterocycles. The Morgan fingerprint density at radius 1 is 1.20 bits per heavy atom. The molecule has 0 aromatic heterocycles. The fourth-order valence-electron chi connectivity index (χ4n) is 2.21. The second-order valence-corrected chi connectivity index (χ2v) is 4.73. The third-order valence-corrected chi connectivity index (χ3v) is 3.34. The summed E-state index contributed by atoms with van der Waals surface area (Å²) in [5.74, 6) is 7.08. The van der Waals surface area contributed by atoms with E-state index in [1.54, 1.807) is 0 Å². The molecule has 0 atom stereocenters. The van der Waals surface area contributed by atoms with Crippen molar-refractivity contribution in [1.82, 2.24) is 10.7 Å². The quantitative estimate of drug-likeness (QED) is 0.282. The average molecular weight is 210 g/mol. The predicted octanol–water partition coefficient (Wildman–Crippen LogP) is 1.14. The van der Waals surface area contributed by atoms with Gasteiger partial charge in [0.05, 0.1) is 0 Å². The first-order chi connectivity index (χ1) is 7.38. The molecule has 15 heavy (non-hydrogen) atoms. The number of nitrogens with one attached hydrogen (secondary N) is 2. The monoisotopic (exact) mass is 210 g/mol. The van der Waals surface area contributed by atoms with Crippen LogP contribution in [0.15, 0.2) is 4.99 Å². The normalized spacial score (nSPS) is 23.1. The highest BCUT2D eigenvalue weighted by Gasteiger charge is 2.22. The molecule has 0 aromatic rings. The topological polar surface area (TPSA) is 62.4 Å². The maximum absolute atomic E-state index is 5.40. The predicted molar refractivity (Wildman–Crippen MR) is 62.4 cm³/mol. The molecule has 4 heteroatoms. The summed E-state index contributed by atoms with van der Waals surface area (Å²) in [6, 6.07) is 0.617. The molecule has 86 valence electrons. The van der Waals surface area contributed by atoms with Crippen molar-refractivity contribution in [2.24, 2.45) is 16.8 Å². The van der Waals surface area contributed by atoms with Crippen molar-refractivity contribution in [3.05, 3.63) is 0 Å². The van der Waals surface area contributed by atoms with E-state index < -0.39 is 0 Å². The Morgan fingerprint density at radius 2 is 1.93 bits per heavy atom. The van der Waals surface area contributed by atoms with E-state index in [1.807, 2.05) is 0 Å². The van der Waals surface area contributed by atoms with Gasteiger partial charge >= 0.3 is 0 Å². The van der Waals surface area contributed by atoms with Crippen LogP contribution in [0.25, 0.3) is 0 Å². The summed E-state index contributed by atoms with van der Waals surface area (Å²) in [4.78, 5) is 4.46. The highest BCUT2D eigenvalue weighted by Crippen LogP contribution is 2.27. The number of aliphatic imine (C=N–C) groups is 1.